The third-order valence-electron chi connectivity index (χ3n) is 7.64. The highest BCUT2D eigenvalue weighted by Crippen LogP contribution is 2.51. The fraction of sp³-hybridized carbons (Fsp3) is 0.500. The maximum absolute atomic E-state index is 14.0. The van der Waals surface area contributed by atoms with Gasteiger partial charge in [-0.2, -0.15) is 0 Å². The largest absolute Gasteiger partial charge is 0.496 e. The Morgan fingerprint density at radius 2 is 1.44 bits per heavy atom. The number of fused-ring (bicyclic) bond motifs is 2. The summed E-state index contributed by atoms with van der Waals surface area (Å²) in [6, 6.07) is -0.853. The molecule has 2 aliphatic rings. The van der Waals surface area contributed by atoms with Gasteiger partial charge in [0.25, 0.3) is 0 Å². The zero-order valence-electron chi connectivity index (χ0n) is 23.6. The fourth-order valence-electron chi connectivity index (χ4n) is 6.04. The lowest BCUT2D eigenvalue weighted by molar-refractivity contribution is -0.154. The van der Waals surface area contributed by atoms with Crippen molar-refractivity contribution in [1.82, 2.24) is 10.2 Å². The Bertz CT molecular complexity index is 1290. The topological polar surface area (TPSA) is 125 Å². The van der Waals surface area contributed by atoms with Crippen molar-refractivity contribution >= 4 is 11.8 Å². The molecular formula is C28H36N2O9. The average molecular weight is 545 g/mol. The molecular weight excluding hydrogens is 508 g/mol. The molecule has 2 aliphatic heterocycles. The van der Waals surface area contributed by atoms with Gasteiger partial charge in [-0.15, -0.1) is 0 Å². The molecule has 2 N–H and O–H groups in total. The zero-order chi connectivity index (χ0) is 28.6. The first-order chi connectivity index (χ1) is 18.7. The highest BCUT2D eigenvalue weighted by Gasteiger charge is 2.50. The first-order valence-corrected chi connectivity index (χ1v) is 12.6. The normalized spacial score (nSPS) is 20.0. The van der Waals surface area contributed by atoms with E-state index in [4.69, 9.17) is 28.4 Å². The molecule has 39 heavy (non-hydrogen) atoms. The molecule has 0 aliphatic carbocycles. The number of methoxy groups -OCH3 is 6. The predicted molar refractivity (Wildman–Crippen MR) is 141 cm³/mol. The number of amides is 2. The number of hydrogen-bond donors (Lipinski definition) is 2. The van der Waals surface area contributed by atoms with Gasteiger partial charge in [-0.05, 0) is 19.9 Å². The van der Waals surface area contributed by atoms with E-state index in [0.717, 1.165) is 0 Å². The van der Waals surface area contributed by atoms with Crippen molar-refractivity contribution in [3.05, 3.63) is 33.9 Å². The Balaban J connectivity index is 1.81. The highest BCUT2D eigenvalue weighted by molar-refractivity contribution is 5.98. The summed E-state index contributed by atoms with van der Waals surface area (Å²) >= 11 is 0. The lowest BCUT2D eigenvalue weighted by Gasteiger charge is -2.47. The van der Waals surface area contributed by atoms with Gasteiger partial charge in [0.15, 0.2) is 23.0 Å². The maximum atomic E-state index is 14.0. The zero-order valence-corrected chi connectivity index (χ0v) is 23.6. The quantitative estimate of drug-likeness (QED) is 0.487. The van der Waals surface area contributed by atoms with Gasteiger partial charge >= 0.3 is 0 Å². The second-order valence-corrected chi connectivity index (χ2v) is 9.48. The van der Waals surface area contributed by atoms with Crippen LogP contribution in [0.1, 0.15) is 33.9 Å². The number of carbonyl (C=O) groups is 2. The number of piperazine rings is 1. The van der Waals surface area contributed by atoms with Crippen LogP contribution in [0.3, 0.4) is 0 Å². The van der Waals surface area contributed by atoms with Gasteiger partial charge in [0.2, 0.25) is 11.8 Å². The minimum Gasteiger partial charge on any atom is -0.496 e. The summed E-state index contributed by atoms with van der Waals surface area (Å²) in [6.07, 6.45) is 0.333. The van der Waals surface area contributed by atoms with Crippen LogP contribution in [0.4, 0.5) is 0 Å². The second-order valence-electron chi connectivity index (χ2n) is 9.48. The maximum Gasteiger partial charge on any atom is 0.246 e. The molecule has 11 heteroatoms. The van der Waals surface area contributed by atoms with Crippen molar-refractivity contribution in [1.29, 1.82) is 0 Å². The van der Waals surface area contributed by atoms with E-state index in [-0.39, 0.29) is 24.7 Å². The van der Waals surface area contributed by atoms with Crippen molar-refractivity contribution in [3.8, 4) is 34.5 Å². The lowest BCUT2D eigenvalue weighted by Crippen LogP contribution is -2.66. The first kappa shape index (κ1) is 28.2. The SMILES string of the molecule is COc1cc(CC2NC(=O)[C@@H]3Cc4c(OC)c(C)c(OC)c(OC)c4[C@@H](CO)N3C2=O)c(OC)c(C)c1OC. The molecule has 3 atom stereocenters. The molecule has 212 valence electrons. The van der Waals surface area contributed by atoms with Gasteiger partial charge in [0.05, 0.1) is 55.3 Å². The third-order valence-corrected chi connectivity index (χ3v) is 7.64. The number of carbonyl (C=O) groups excluding carboxylic acids is 2. The van der Waals surface area contributed by atoms with E-state index in [1.807, 2.05) is 13.8 Å². The molecule has 0 aromatic heterocycles. The van der Waals surface area contributed by atoms with Crippen LogP contribution in [0.5, 0.6) is 34.5 Å². The van der Waals surface area contributed by atoms with Crippen LogP contribution in [0.25, 0.3) is 0 Å². The van der Waals surface area contributed by atoms with Crippen LogP contribution < -0.4 is 33.7 Å². The number of hydrogen-bond acceptors (Lipinski definition) is 9. The van der Waals surface area contributed by atoms with Crippen molar-refractivity contribution < 1.29 is 43.1 Å². The first-order valence-electron chi connectivity index (χ1n) is 12.6. The molecule has 1 unspecified atom stereocenters. The number of ether oxygens (including phenoxy) is 6. The Morgan fingerprint density at radius 1 is 0.846 bits per heavy atom. The van der Waals surface area contributed by atoms with Crippen LogP contribution in [0.15, 0.2) is 6.07 Å². The van der Waals surface area contributed by atoms with Gasteiger partial charge < -0.3 is 43.7 Å². The van der Waals surface area contributed by atoms with Crippen LogP contribution >= 0.6 is 0 Å². The van der Waals surface area contributed by atoms with Gasteiger partial charge in [0.1, 0.15) is 23.6 Å². The Hall–Kier alpha value is -3.86. The molecule has 1 fully saturated rings. The summed E-state index contributed by atoms with van der Waals surface area (Å²) in [4.78, 5) is 29.0. The molecule has 2 amide bonds. The number of nitrogens with one attached hydrogen (secondary N) is 1. The van der Waals surface area contributed by atoms with E-state index in [1.54, 1.807) is 6.07 Å². The standard InChI is InChI=1S/C28H36N2O9/c1-13-22(35-4)15(10-20(34-3)24(13)37-6)9-17-28(33)30-18(27(32)29-17)11-16-21(19(30)12-31)26(39-8)25(38-7)14(2)23(16)36-5/h10,17-19,31H,9,11-12H2,1-8H3,(H,29,32)/t17?,18-,19+/m0/s1. The number of aliphatic hydroxyl groups excluding tert-OH is 1. The summed E-state index contributed by atoms with van der Waals surface area (Å²) in [5.74, 6) is 2.26. The van der Waals surface area contributed by atoms with E-state index >= 15 is 0 Å². The van der Waals surface area contributed by atoms with Crippen molar-refractivity contribution in [2.45, 2.75) is 44.8 Å². The molecule has 0 saturated carbocycles. The van der Waals surface area contributed by atoms with Gasteiger partial charge in [-0.1, -0.05) is 0 Å². The molecule has 0 radical (unpaired) electrons. The minimum absolute atomic E-state index is 0.140. The summed E-state index contributed by atoms with van der Waals surface area (Å²) in [5.41, 5.74) is 3.35. The van der Waals surface area contributed by atoms with E-state index in [0.29, 0.717) is 62.3 Å². The Morgan fingerprint density at radius 3 is 1.97 bits per heavy atom. The molecule has 1 saturated heterocycles. The summed E-state index contributed by atoms with van der Waals surface area (Å²) in [7, 11) is 9.16. The monoisotopic (exact) mass is 544 g/mol. The number of benzene rings is 2. The van der Waals surface area contributed by atoms with Gasteiger partial charge in [-0.3, -0.25) is 9.59 Å². The van der Waals surface area contributed by atoms with E-state index in [2.05, 4.69) is 5.32 Å². The van der Waals surface area contributed by atoms with E-state index in [9.17, 15) is 14.7 Å². The van der Waals surface area contributed by atoms with E-state index < -0.39 is 24.7 Å². The Kier molecular flexibility index (Phi) is 8.01. The summed E-state index contributed by atoms with van der Waals surface area (Å²) in [6.45, 7) is 3.24. The van der Waals surface area contributed by atoms with Crippen LogP contribution in [0, 0.1) is 13.8 Å². The van der Waals surface area contributed by atoms with Crippen molar-refractivity contribution in [2.75, 3.05) is 49.3 Å². The highest BCUT2D eigenvalue weighted by atomic mass is 16.5. The minimum atomic E-state index is -0.906. The van der Waals surface area contributed by atoms with E-state index in [1.165, 1.54) is 47.6 Å². The molecule has 2 heterocycles. The average Bonchev–Trinajstić information content (AvgIpc) is 2.93. The molecule has 2 aromatic rings. The van der Waals surface area contributed by atoms with Crippen LogP contribution in [-0.2, 0) is 22.4 Å². The van der Waals surface area contributed by atoms with Crippen molar-refractivity contribution in [2.24, 2.45) is 0 Å². The molecule has 0 bridgehead atoms. The molecule has 11 nitrogen and oxygen atoms in total. The number of rotatable bonds is 9. The van der Waals surface area contributed by atoms with Gasteiger partial charge in [0, 0.05) is 40.7 Å². The predicted octanol–water partition coefficient (Wildman–Crippen LogP) is 1.88. The lowest BCUT2D eigenvalue weighted by atomic mass is 9.82. The summed E-state index contributed by atoms with van der Waals surface area (Å²) < 4.78 is 33.7. The molecule has 2 aromatic carbocycles. The number of nitrogens with zero attached hydrogens (tertiary/aromatic N) is 1. The third kappa shape index (κ3) is 4.34. The molecule has 0 spiro atoms. The molecule has 4 rings (SSSR count). The fourth-order valence-corrected chi connectivity index (χ4v) is 6.04. The Labute approximate surface area is 227 Å². The summed E-state index contributed by atoms with van der Waals surface area (Å²) in [5, 5.41) is 13.5. The van der Waals surface area contributed by atoms with Crippen molar-refractivity contribution in [3.63, 3.8) is 0 Å². The second kappa shape index (κ2) is 11.1. The smallest absolute Gasteiger partial charge is 0.246 e. The van der Waals surface area contributed by atoms with Gasteiger partial charge in [-0.25, -0.2) is 0 Å². The number of aliphatic hydroxyl groups is 1. The van der Waals surface area contributed by atoms with Crippen LogP contribution in [0.2, 0.25) is 0 Å². The van der Waals surface area contributed by atoms with Crippen LogP contribution in [-0.4, -0.2) is 83.2 Å².